The molecule has 0 nitrogen and oxygen atoms in total. The molecule has 0 aliphatic rings. The summed E-state index contributed by atoms with van der Waals surface area (Å²) in [7, 11) is 0. The van der Waals surface area contributed by atoms with Crippen molar-refractivity contribution < 1.29 is 0 Å². The molecule has 0 saturated carbocycles. The largest absolute Gasteiger partial charge is 0.106 e. The summed E-state index contributed by atoms with van der Waals surface area (Å²) in [5.41, 5.74) is 4.41. The molecule has 0 aromatic heterocycles. The molecule has 0 aliphatic heterocycles. The Morgan fingerprint density at radius 1 is 1.11 bits per heavy atom. The van der Waals surface area contributed by atoms with Gasteiger partial charge in [-0.05, 0) is 37.3 Å². The molecule has 0 aliphatic carbocycles. The number of hydrogen-bond acceptors (Lipinski definition) is 0. The highest BCUT2D eigenvalue weighted by Crippen LogP contribution is 2.21. The van der Waals surface area contributed by atoms with Gasteiger partial charge in [0.05, 0.1) is 0 Å². The van der Waals surface area contributed by atoms with Crippen LogP contribution in [0.25, 0.3) is 0 Å². The zero-order chi connectivity index (χ0) is 14.0. The lowest BCUT2D eigenvalue weighted by Gasteiger charge is -2.16. The summed E-state index contributed by atoms with van der Waals surface area (Å²) in [6, 6.07) is 6.84. The fraction of sp³-hybridized carbons (Fsp3) is 0.556. The molecule has 0 amide bonds. The van der Waals surface area contributed by atoms with Crippen molar-refractivity contribution in [2.75, 3.05) is 0 Å². The first-order chi connectivity index (χ1) is 8.67. The van der Waals surface area contributed by atoms with Crippen LogP contribution in [0.3, 0.4) is 0 Å². The van der Waals surface area contributed by atoms with Gasteiger partial charge in [-0.15, -0.1) is 13.2 Å². The van der Waals surface area contributed by atoms with Gasteiger partial charge in [-0.3, -0.25) is 0 Å². The average Bonchev–Trinajstić information content (AvgIpc) is 2.40. The van der Waals surface area contributed by atoms with Crippen molar-refractivity contribution in [3.8, 4) is 0 Å². The van der Waals surface area contributed by atoms with Crippen LogP contribution in [0.1, 0.15) is 56.2 Å². The normalized spacial score (nSPS) is 11.6. The van der Waals surface area contributed by atoms with Crippen LogP contribution in [0.2, 0.25) is 0 Å². The van der Waals surface area contributed by atoms with Crippen LogP contribution in [0.5, 0.6) is 0 Å². The van der Waals surface area contributed by atoms with Gasteiger partial charge in [0.15, 0.2) is 0 Å². The van der Waals surface area contributed by atoms with Gasteiger partial charge in [0, 0.05) is 0 Å². The van der Waals surface area contributed by atoms with E-state index >= 15 is 0 Å². The van der Waals surface area contributed by atoms with E-state index in [-0.39, 0.29) is 0 Å². The number of aryl methyl sites for hydroxylation is 2. The van der Waals surface area contributed by atoms with E-state index in [1.807, 2.05) is 0 Å². The lowest BCUT2D eigenvalue weighted by molar-refractivity contribution is 0.448. The van der Waals surface area contributed by atoms with Crippen LogP contribution in [-0.2, 0) is 6.42 Å². The van der Waals surface area contributed by atoms with Crippen molar-refractivity contribution in [2.24, 2.45) is 5.92 Å². The predicted octanol–water partition coefficient (Wildman–Crippen LogP) is 5.86. The summed E-state index contributed by atoms with van der Waals surface area (Å²) < 4.78 is 0. The second-order valence-electron chi connectivity index (χ2n) is 5.05. The number of hydrogen-bond donors (Lipinski definition) is 0. The zero-order valence-corrected chi connectivity index (χ0v) is 12.8. The van der Waals surface area contributed by atoms with Gasteiger partial charge in [0.2, 0.25) is 0 Å². The fourth-order valence-corrected chi connectivity index (χ4v) is 2.27. The summed E-state index contributed by atoms with van der Waals surface area (Å²) in [5.74, 6) is 0.875. The molecule has 0 heterocycles. The molecule has 0 bridgehead atoms. The third kappa shape index (κ3) is 6.05. The Bertz CT molecular complexity index is 325. The lowest BCUT2D eigenvalue weighted by Crippen LogP contribution is -2.05. The summed E-state index contributed by atoms with van der Waals surface area (Å²) >= 11 is 0. The summed E-state index contributed by atoms with van der Waals surface area (Å²) in [6.07, 6.45) is 6.67. The Kier molecular flexibility index (Phi) is 9.36. The lowest BCUT2D eigenvalue weighted by atomic mass is 9.89. The van der Waals surface area contributed by atoms with Crippen LogP contribution in [0.15, 0.2) is 31.4 Å². The molecule has 0 spiro atoms. The zero-order valence-electron chi connectivity index (χ0n) is 12.8. The highest BCUT2D eigenvalue weighted by atomic mass is 14.1. The third-order valence-electron chi connectivity index (χ3n) is 3.56. The number of unbranched alkanes of at least 4 members (excludes halogenated alkanes) is 1. The molecule has 1 aromatic carbocycles. The van der Waals surface area contributed by atoms with Gasteiger partial charge >= 0.3 is 0 Å². The molecule has 1 rings (SSSR count). The molecule has 1 atom stereocenters. The van der Waals surface area contributed by atoms with E-state index in [4.69, 9.17) is 0 Å². The number of benzene rings is 1. The molecule has 1 aromatic rings. The van der Waals surface area contributed by atoms with Crippen LogP contribution in [0.4, 0.5) is 0 Å². The molecule has 0 radical (unpaired) electrons. The second kappa shape index (κ2) is 9.94. The van der Waals surface area contributed by atoms with E-state index in [2.05, 4.69) is 59.1 Å². The molecule has 0 fully saturated rings. The SMILES string of the molecule is C=C.CCCCC(CC)Cc1cc(C)ccc1C. The second-order valence-corrected chi connectivity index (χ2v) is 5.05. The summed E-state index contributed by atoms with van der Waals surface area (Å²) in [5, 5.41) is 0. The van der Waals surface area contributed by atoms with Crippen LogP contribution in [-0.4, -0.2) is 0 Å². The molecule has 102 valence electrons. The van der Waals surface area contributed by atoms with E-state index < -0.39 is 0 Å². The minimum Gasteiger partial charge on any atom is -0.106 e. The summed E-state index contributed by atoms with van der Waals surface area (Å²) in [6.45, 7) is 15.0. The van der Waals surface area contributed by atoms with E-state index in [1.165, 1.54) is 43.2 Å². The monoisotopic (exact) mass is 246 g/mol. The van der Waals surface area contributed by atoms with Crippen molar-refractivity contribution in [3.05, 3.63) is 48.0 Å². The molecule has 18 heavy (non-hydrogen) atoms. The highest BCUT2D eigenvalue weighted by Gasteiger charge is 2.08. The summed E-state index contributed by atoms with van der Waals surface area (Å²) in [4.78, 5) is 0. The van der Waals surface area contributed by atoms with E-state index in [0.717, 1.165) is 5.92 Å². The van der Waals surface area contributed by atoms with Crippen molar-refractivity contribution in [1.82, 2.24) is 0 Å². The van der Waals surface area contributed by atoms with Crippen molar-refractivity contribution in [3.63, 3.8) is 0 Å². The quantitative estimate of drug-likeness (QED) is 0.551. The van der Waals surface area contributed by atoms with E-state index in [9.17, 15) is 0 Å². The van der Waals surface area contributed by atoms with Crippen molar-refractivity contribution in [2.45, 2.75) is 59.8 Å². The highest BCUT2D eigenvalue weighted by molar-refractivity contribution is 5.30. The van der Waals surface area contributed by atoms with E-state index in [0.29, 0.717) is 0 Å². The van der Waals surface area contributed by atoms with Crippen LogP contribution in [0, 0.1) is 19.8 Å². The minimum atomic E-state index is 0.875. The maximum atomic E-state index is 3.00. The first kappa shape index (κ1) is 17.0. The predicted molar refractivity (Wildman–Crippen MR) is 84.2 cm³/mol. The third-order valence-corrected chi connectivity index (χ3v) is 3.56. The van der Waals surface area contributed by atoms with Gasteiger partial charge in [-0.1, -0.05) is 63.3 Å². The van der Waals surface area contributed by atoms with Crippen molar-refractivity contribution >= 4 is 0 Å². The average molecular weight is 246 g/mol. The fourth-order valence-electron chi connectivity index (χ4n) is 2.27. The topological polar surface area (TPSA) is 0 Å². The van der Waals surface area contributed by atoms with Gasteiger partial charge in [-0.2, -0.15) is 0 Å². The first-order valence-corrected chi connectivity index (χ1v) is 7.23. The van der Waals surface area contributed by atoms with Gasteiger partial charge < -0.3 is 0 Å². The Balaban J connectivity index is 0.00000137. The maximum absolute atomic E-state index is 3.00. The maximum Gasteiger partial charge on any atom is -0.0248 e. The number of rotatable bonds is 6. The minimum absolute atomic E-state index is 0.875. The van der Waals surface area contributed by atoms with Crippen LogP contribution >= 0.6 is 0 Å². The van der Waals surface area contributed by atoms with Crippen molar-refractivity contribution in [1.29, 1.82) is 0 Å². The van der Waals surface area contributed by atoms with Gasteiger partial charge in [0.25, 0.3) is 0 Å². The molecule has 0 heteroatoms. The molecule has 0 N–H and O–H groups in total. The Hall–Kier alpha value is -1.04. The Morgan fingerprint density at radius 3 is 2.33 bits per heavy atom. The van der Waals surface area contributed by atoms with Gasteiger partial charge in [0.1, 0.15) is 0 Å². The smallest absolute Gasteiger partial charge is 0.0248 e. The standard InChI is InChI=1S/C16H26.C2H4/c1-5-7-8-15(6-2)12-16-11-13(3)9-10-14(16)4;1-2/h9-11,15H,5-8,12H2,1-4H3;1-2H2. The van der Waals surface area contributed by atoms with E-state index in [1.54, 1.807) is 5.56 Å². The molecular weight excluding hydrogens is 216 g/mol. The Labute approximate surface area is 114 Å². The molecular formula is C18H30. The van der Waals surface area contributed by atoms with Gasteiger partial charge in [-0.25, -0.2) is 0 Å². The van der Waals surface area contributed by atoms with Crippen LogP contribution < -0.4 is 0 Å². The molecule has 1 unspecified atom stereocenters. The first-order valence-electron chi connectivity index (χ1n) is 7.23. The Morgan fingerprint density at radius 2 is 1.78 bits per heavy atom. The molecule has 0 saturated heterocycles.